The molecule has 0 aliphatic heterocycles. The van der Waals surface area contributed by atoms with Crippen LogP contribution in [0.15, 0.2) is 158 Å². The van der Waals surface area contributed by atoms with Gasteiger partial charge in [-0.25, -0.2) is 0 Å². The average molecular weight is 595 g/mol. The van der Waals surface area contributed by atoms with Gasteiger partial charge in [0.05, 0.1) is 0 Å². The van der Waals surface area contributed by atoms with Crippen molar-refractivity contribution in [1.82, 2.24) is 0 Å². The van der Waals surface area contributed by atoms with E-state index in [1.165, 1.54) is 0 Å². The first-order valence-electron chi connectivity index (χ1n) is 15.2. The Morgan fingerprint density at radius 2 is 0.304 bits per heavy atom. The van der Waals surface area contributed by atoms with Crippen molar-refractivity contribution in [3.8, 4) is 66.8 Å². The zero-order valence-electron chi connectivity index (χ0n) is 25.3. The SMILES string of the molecule is Nc1ccc(-c2cc(-c3ccc(N)cc3)cc(-c3ccc(-c4cc(-c5ccc(N)cc5)cc(-c5ccc(N)cc5)c4)cc3)c2)cc1. The van der Waals surface area contributed by atoms with Gasteiger partial charge in [-0.05, 0) is 152 Å². The highest BCUT2D eigenvalue weighted by atomic mass is 14.5. The van der Waals surface area contributed by atoms with Crippen LogP contribution in [0, 0.1) is 0 Å². The predicted octanol–water partition coefficient (Wildman–Crippen LogP) is 10.0. The van der Waals surface area contributed by atoms with Gasteiger partial charge in [-0.3, -0.25) is 0 Å². The van der Waals surface area contributed by atoms with E-state index < -0.39 is 0 Å². The van der Waals surface area contributed by atoms with Gasteiger partial charge in [0.25, 0.3) is 0 Å². The minimum Gasteiger partial charge on any atom is -0.399 e. The van der Waals surface area contributed by atoms with E-state index in [-0.39, 0.29) is 0 Å². The Morgan fingerprint density at radius 1 is 0.174 bits per heavy atom. The standard InChI is InChI=1S/C42H34N4/c43-39-13-5-29(6-14-39)35-21-33(22-36(25-35)30-7-15-40(44)16-8-30)27-1-2-28(4-3-27)34-23-37(31-9-17-41(45)18-10-31)26-38(24-34)32-11-19-42(46)20-12-32/h1-26H,43-46H2. The molecule has 7 aromatic carbocycles. The summed E-state index contributed by atoms with van der Waals surface area (Å²) in [5.74, 6) is 0. The lowest BCUT2D eigenvalue weighted by molar-refractivity contribution is 1.55. The van der Waals surface area contributed by atoms with Crippen molar-refractivity contribution in [3.05, 3.63) is 158 Å². The quantitative estimate of drug-likeness (QED) is 0.144. The first kappa shape index (κ1) is 28.5. The Kier molecular flexibility index (Phi) is 7.45. The summed E-state index contributed by atoms with van der Waals surface area (Å²) in [4.78, 5) is 0. The van der Waals surface area contributed by atoms with Gasteiger partial charge in [0.15, 0.2) is 0 Å². The summed E-state index contributed by atoms with van der Waals surface area (Å²) in [7, 11) is 0. The maximum Gasteiger partial charge on any atom is 0.0314 e. The van der Waals surface area contributed by atoms with Gasteiger partial charge in [0, 0.05) is 22.7 Å². The molecule has 0 aliphatic rings. The summed E-state index contributed by atoms with van der Waals surface area (Å²) in [6.07, 6.45) is 0. The van der Waals surface area contributed by atoms with Gasteiger partial charge < -0.3 is 22.9 Å². The third-order valence-corrected chi connectivity index (χ3v) is 8.39. The van der Waals surface area contributed by atoms with Gasteiger partial charge in [-0.1, -0.05) is 72.8 Å². The molecule has 0 spiro atoms. The molecule has 0 heterocycles. The largest absolute Gasteiger partial charge is 0.399 e. The van der Waals surface area contributed by atoms with Crippen molar-refractivity contribution >= 4 is 22.7 Å². The molecule has 8 N–H and O–H groups in total. The monoisotopic (exact) mass is 594 g/mol. The first-order valence-corrected chi connectivity index (χ1v) is 15.2. The molecule has 0 fully saturated rings. The lowest BCUT2D eigenvalue weighted by Gasteiger charge is -2.14. The lowest BCUT2D eigenvalue weighted by atomic mass is 9.91. The molecule has 46 heavy (non-hydrogen) atoms. The van der Waals surface area contributed by atoms with E-state index in [1.807, 2.05) is 48.5 Å². The molecule has 0 aliphatic carbocycles. The van der Waals surface area contributed by atoms with Crippen LogP contribution in [0.2, 0.25) is 0 Å². The topological polar surface area (TPSA) is 104 Å². The van der Waals surface area contributed by atoms with Crippen molar-refractivity contribution in [2.24, 2.45) is 0 Å². The van der Waals surface area contributed by atoms with Gasteiger partial charge >= 0.3 is 0 Å². The molecule has 7 rings (SSSR count). The number of anilines is 4. The number of rotatable bonds is 6. The second-order valence-corrected chi connectivity index (χ2v) is 11.7. The molecule has 0 unspecified atom stereocenters. The second kappa shape index (κ2) is 12.0. The summed E-state index contributed by atoms with van der Waals surface area (Å²) in [6, 6.07) is 54.2. The van der Waals surface area contributed by atoms with E-state index in [0.717, 1.165) is 89.5 Å². The van der Waals surface area contributed by atoms with E-state index in [1.54, 1.807) is 0 Å². The Hall–Kier alpha value is -6.26. The zero-order chi connectivity index (χ0) is 31.6. The van der Waals surface area contributed by atoms with E-state index in [0.29, 0.717) is 0 Å². The number of benzene rings is 7. The molecule has 222 valence electrons. The summed E-state index contributed by atoms with van der Waals surface area (Å²) in [6.45, 7) is 0. The van der Waals surface area contributed by atoms with Crippen LogP contribution in [0.4, 0.5) is 22.7 Å². The molecule has 0 saturated carbocycles. The van der Waals surface area contributed by atoms with Gasteiger partial charge in [-0.15, -0.1) is 0 Å². The third-order valence-electron chi connectivity index (χ3n) is 8.39. The summed E-state index contributed by atoms with van der Waals surface area (Å²) in [5, 5.41) is 0. The average Bonchev–Trinajstić information content (AvgIpc) is 3.09. The van der Waals surface area contributed by atoms with Crippen LogP contribution in [-0.2, 0) is 0 Å². The van der Waals surface area contributed by atoms with Gasteiger partial charge in [0.2, 0.25) is 0 Å². The molecular weight excluding hydrogens is 560 g/mol. The van der Waals surface area contributed by atoms with Crippen molar-refractivity contribution in [2.75, 3.05) is 22.9 Å². The molecule has 0 atom stereocenters. The van der Waals surface area contributed by atoms with Crippen LogP contribution in [0.5, 0.6) is 0 Å². The fraction of sp³-hybridized carbons (Fsp3) is 0. The zero-order valence-corrected chi connectivity index (χ0v) is 25.3. The molecule has 4 nitrogen and oxygen atoms in total. The smallest absolute Gasteiger partial charge is 0.0314 e. The highest BCUT2D eigenvalue weighted by Gasteiger charge is 2.11. The highest BCUT2D eigenvalue weighted by Crippen LogP contribution is 2.37. The molecule has 4 heteroatoms. The normalized spacial score (nSPS) is 11.0. The number of nitrogens with two attached hydrogens (primary N) is 4. The summed E-state index contributed by atoms with van der Waals surface area (Å²) < 4.78 is 0. The summed E-state index contributed by atoms with van der Waals surface area (Å²) >= 11 is 0. The van der Waals surface area contributed by atoms with Crippen LogP contribution in [-0.4, -0.2) is 0 Å². The van der Waals surface area contributed by atoms with Crippen molar-refractivity contribution in [1.29, 1.82) is 0 Å². The van der Waals surface area contributed by atoms with Crippen molar-refractivity contribution < 1.29 is 0 Å². The van der Waals surface area contributed by atoms with Crippen LogP contribution >= 0.6 is 0 Å². The van der Waals surface area contributed by atoms with Crippen LogP contribution in [0.3, 0.4) is 0 Å². The van der Waals surface area contributed by atoms with E-state index in [2.05, 4.69) is 109 Å². The third kappa shape index (κ3) is 6.05. The Labute approximate surface area is 269 Å². The Balaban J connectivity index is 1.30. The van der Waals surface area contributed by atoms with Crippen molar-refractivity contribution in [2.45, 2.75) is 0 Å². The van der Waals surface area contributed by atoms with Gasteiger partial charge in [0.1, 0.15) is 0 Å². The van der Waals surface area contributed by atoms with Crippen LogP contribution in [0.25, 0.3) is 66.8 Å². The molecule has 7 aromatic rings. The number of nitrogen functional groups attached to an aromatic ring is 4. The number of hydrogen-bond acceptors (Lipinski definition) is 4. The van der Waals surface area contributed by atoms with Crippen LogP contribution in [0.1, 0.15) is 0 Å². The molecule has 0 saturated heterocycles. The van der Waals surface area contributed by atoms with Gasteiger partial charge in [-0.2, -0.15) is 0 Å². The molecule has 0 amide bonds. The minimum atomic E-state index is 0.745. The van der Waals surface area contributed by atoms with E-state index >= 15 is 0 Å². The molecule has 0 aromatic heterocycles. The number of hydrogen-bond donors (Lipinski definition) is 4. The molecule has 0 bridgehead atoms. The predicted molar refractivity (Wildman–Crippen MR) is 197 cm³/mol. The molecule has 0 radical (unpaired) electrons. The molecular formula is C42H34N4. The maximum absolute atomic E-state index is 6.00. The Bertz CT molecular complexity index is 1840. The second-order valence-electron chi connectivity index (χ2n) is 11.7. The van der Waals surface area contributed by atoms with E-state index in [4.69, 9.17) is 22.9 Å². The van der Waals surface area contributed by atoms with Crippen molar-refractivity contribution in [3.63, 3.8) is 0 Å². The van der Waals surface area contributed by atoms with Crippen LogP contribution < -0.4 is 22.9 Å². The first-order chi connectivity index (χ1) is 22.4. The summed E-state index contributed by atoms with van der Waals surface area (Å²) in [5.41, 5.74) is 40.4. The fourth-order valence-corrected chi connectivity index (χ4v) is 5.81. The minimum absolute atomic E-state index is 0.745. The van der Waals surface area contributed by atoms with E-state index in [9.17, 15) is 0 Å². The fourth-order valence-electron chi connectivity index (χ4n) is 5.81. The highest BCUT2D eigenvalue weighted by molar-refractivity contribution is 5.85. The maximum atomic E-state index is 6.00. The lowest BCUT2D eigenvalue weighted by Crippen LogP contribution is -1.90. The Morgan fingerprint density at radius 3 is 0.457 bits per heavy atom.